The number of benzene rings is 1. The van der Waals surface area contributed by atoms with Crippen LogP contribution in [0.2, 0.25) is 0 Å². The fraction of sp³-hybridized carbons (Fsp3) is 0.571. The molecule has 0 spiro atoms. The molecule has 102 valence electrons. The first-order valence-electron chi connectivity index (χ1n) is 6.18. The van der Waals surface area contributed by atoms with E-state index in [9.17, 15) is 0 Å². The van der Waals surface area contributed by atoms with Crippen LogP contribution in [0.4, 0.5) is 0 Å². The van der Waals surface area contributed by atoms with Gasteiger partial charge in [-0.15, -0.1) is 0 Å². The van der Waals surface area contributed by atoms with E-state index in [0.717, 1.165) is 24.5 Å². The zero-order valence-corrected chi connectivity index (χ0v) is 11.7. The average molecular weight is 252 g/mol. The van der Waals surface area contributed by atoms with E-state index in [1.54, 1.807) is 14.2 Å². The van der Waals surface area contributed by atoms with E-state index in [1.807, 2.05) is 24.3 Å². The summed E-state index contributed by atoms with van der Waals surface area (Å²) in [6.45, 7) is 3.72. The van der Waals surface area contributed by atoms with Crippen molar-refractivity contribution in [3.05, 3.63) is 29.8 Å². The number of nitrogens with zero attached hydrogens (tertiary/aromatic N) is 1. The van der Waals surface area contributed by atoms with Crippen molar-refractivity contribution in [1.29, 1.82) is 0 Å². The largest absolute Gasteiger partial charge is 0.497 e. The number of likely N-dealkylation sites (N-methyl/N-ethyl adjacent to an activating group) is 1. The fourth-order valence-corrected chi connectivity index (χ4v) is 1.82. The number of rotatable bonds is 7. The number of methoxy groups -OCH3 is 2. The second kappa shape index (κ2) is 7.36. The first-order valence-corrected chi connectivity index (χ1v) is 6.18. The van der Waals surface area contributed by atoms with E-state index in [2.05, 4.69) is 18.9 Å². The summed E-state index contributed by atoms with van der Waals surface area (Å²) < 4.78 is 10.2. The number of ether oxygens (including phenoxy) is 2. The van der Waals surface area contributed by atoms with E-state index in [0.29, 0.717) is 0 Å². The van der Waals surface area contributed by atoms with Gasteiger partial charge in [0.25, 0.3) is 0 Å². The first kappa shape index (κ1) is 15.0. The molecule has 0 aliphatic heterocycles. The summed E-state index contributed by atoms with van der Waals surface area (Å²) in [6.07, 6.45) is 0. The van der Waals surface area contributed by atoms with Crippen LogP contribution in [0.3, 0.4) is 0 Å². The summed E-state index contributed by atoms with van der Waals surface area (Å²) in [4.78, 5) is 2.21. The third-order valence-corrected chi connectivity index (χ3v) is 3.36. The lowest BCUT2D eigenvalue weighted by molar-refractivity contribution is 0.134. The van der Waals surface area contributed by atoms with Crippen LogP contribution in [-0.2, 0) is 4.74 Å². The number of hydrogen-bond donors (Lipinski definition) is 1. The Labute approximate surface area is 110 Å². The highest BCUT2D eigenvalue weighted by molar-refractivity contribution is 5.29. The van der Waals surface area contributed by atoms with Crippen molar-refractivity contribution in [3.63, 3.8) is 0 Å². The van der Waals surface area contributed by atoms with Crippen LogP contribution in [0.5, 0.6) is 5.75 Å². The molecule has 0 fully saturated rings. The van der Waals surface area contributed by atoms with Crippen molar-refractivity contribution in [2.75, 3.05) is 34.4 Å². The van der Waals surface area contributed by atoms with Gasteiger partial charge in [-0.05, 0) is 31.7 Å². The van der Waals surface area contributed by atoms with Gasteiger partial charge in [0.2, 0.25) is 0 Å². The van der Waals surface area contributed by atoms with E-state index < -0.39 is 0 Å². The lowest BCUT2D eigenvalue weighted by Crippen LogP contribution is -2.39. The average Bonchev–Trinajstić information content (AvgIpc) is 2.43. The molecule has 0 saturated carbocycles. The minimum Gasteiger partial charge on any atom is -0.497 e. The maximum absolute atomic E-state index is 6.28. The molecule has 2 atom stereocenters. The second-order valence-electron chi connectivity index (χ2n) is 4.51. The molecule has 0 saturated heterocycles. The molecule has 0 aromatic heterocycles. The smallest absolute Gasteiger partial charge is 0.118 e. The maximum Gasteiger partial charge on any atom is 0.118 e. The molecular weight excluding hydrogens is 228 g/mol. The molecule has 1 aromatic rings. The quantitative estimate of drug-likeness (QED) is 0.802. The van der Waals surface area contributed by atoms with Crippen molar-refractivity contribution in [3.8, 4) is 5.75 Å². The fourth-order valence-electron chi connectivity index (χ4n) is 1.82. The Morgan fingerprint density at radius 2 is 1.83 bits per heavy atom. The summed E-state index contributed by atoms with van der Waals surface area (Å²) in [5, 5.41) is 0. The van der Waals surface area contributed by atoms with Crippen molar-refractivity contribution in [1.82, 2.24) is 4.90 Å². The van der Waals surface area contributed by atoms with E-state index in [-0.39, 0.29) is 12.1 Å². The third-order valence-electron chi connectivity index (χ3n) is 3.36. The van der Waals surface area contributed by atoms with Crippen LogP contribution >= 0.6 is 0 Å². The highest BCUT2D eigenvalue weighted by Gasteiger charge is 2.18. The minimum atomic E-state index is -0.0160. The molecule has 2 N–H and O–H groups in total. The molecule has 2 unspecified atom stereocenters. The molecular formula is C14H24N2O2. The van der Waals surface area contributed by atoms with E-state index in [4.69, 9.17) is 15.2 Å². The van der Waals surface area contributed by atoms with Gasteiger partial charge in [0.1, 0.15) is 5.75 Å². The van der Waals surface area contributed by atoms with Crippen LogP contribution in [-0.4, -0.2) is 45.4 Å². The van der Waals surface area contributed by atoms with Gasteiger partial charge in [-0.25, -0.2) is 0 Å². The summed E-state index contributed by atoms with van der Waals surface area (Å²) in [7, 11) is 5.44. The molecule has 4 heteroatoms. The zero-order valence-electron chi connectivity index (χ0n) is 11.7. The van der Waals surface area contributed by atoms with Gasteiger partial charge in [-0.2, -0.15) is 0 Å². The minimum absolute atomic E-state index is 0.0160. The lowest BCUT2D eigenvalue weighted by atomic mass is 10.0. The molecule has 4 nitrogen and oxygen atoms in total. The van der Waals surface area contributed by atoms with Gasteiger partial charge in [-0.1, -0.05) is 12.1 Å². The first-order chi connectivity index (χ1) is 8.60. The van der Waals surface area contributed by atoms with E-state index >= 15 is 0 Å². The monoisotopic (exact) mass is 252 g/mol. The predicted octanol–water partition coefficient (Wildman–Crippen LogP) is 1.66. The topological polar surface area (TPSA) is 47.7 Å². The molecule has 0 bridgehead atoms. The Bertz CT molecular complexity index is 340. The Hall–Kier alpha value is -1.10. The summed E-state index contributed by atoms with van der Waals surface area (Å²) >= 11 is 0. The van der Waals surface area contributed by atoms with Gasteiger partial charge in [-0.3, -0.25) is 4.90 Å². The number of nitrogens with two attached hydrogens (primary N) is 1. The van der Waals surface area contributed by atoms with Gasteiger partial charge >= 0.3 is 0 Å². The predicted molar refractivity (Wildman–Crippen MR) is 73.9 cm³/mol. The highest BCUT2D eigenvalue weighted by atomic mass is 16.5. The molecule has 1 rings (SSSR count). The Morgan fingerprint density at radius 1 is 1.22 bits per heavy atom. The Kier molecular flexibility index (Phi) is 6.12. The Morgan fingerprint density at radius 3 is 2.33 bits per heavy atom. The van der Waals surface area contributed by atoms with Crippen molar-refractivity contribution >= 4 is 0 Å². The normalized spacial score (nSPS) is 14.6. The Balaban J connectivity index is 2.63. The standard InChI is InChI=1S/C14H24N2O2/c1-11(16(2)9-10-17-3)14(15)12-5-7-13(18-4)8-6-12/h5-8,11,14H,9-10,15H2,1-4H3. The van der Waals surface area contributed by atoms with E-state index in [1.165, 1.54) is 0 Å². The third kappa shape index (κ3) is 3.98. The van der Waals surface area contributed by atoms with Gasteiger partial charge in [0.05, 0.1) is 13.7 Å². The molecule has 0 aliphatic carbocycles. The lowest BCUT2D eigenvalue weighted by Gasteiger charge is -2.29. The van der Waals surface area contributed by atoms with Gasteiger partial charge < -0.3 is 15.2 Å². The van der Waals surface area contributed by atoms with Crippen molar-refractivity contribution < 1.29 is 9.47 Å². The number of hydrogen-bond acceptors (Lipinski definition) is 4. The second-order valence-corrected chi connectivity index (χ2v) is 4.51. The van der Waals surface area contributed by atoms with Crippen LogP contribution in [0, 0.1) is 0 Å². The summed E-state index contributed by atoms with van der Waals surface area (Å²) in [6, 6.07) is 8.16. The van der Waals surface area contributed by atoms with Crippen molar-refractivity contribution in [2.45, 2.75) is 19.0 Å². The molecule has 0 amide bonds. The van der Waals surface area contributed by atoms with Crippen molar-refractivity contribution in [2.24, 2.45) is 5.73 Å². The molecule has 18 heavy (non-hydrogen) atoms. The summed E-state index contributed by atoms with van der Waals surface area (Å²) in [5.74, 6) is 0.853. The SMILES string of the molecule is COCCN(C)C(C)C(N)c1ccc(OC)cc1. The molecule has 0 heterocycles. The molecule has 0 radical (unpaired) electrons. The van der Waals surface area contributed by atoms with Gasteiger partial charge in [0.15, 0.2) is 0 Å². The molecule has 0 aliphatic rings. The van der Waals surface area contributed by atoms with Crippen LogP contribution in [0.1, 0.15) is 18.5 Å². The maximum atomic E-state index is 6.28. The zero-order chi connectivity index (χ0) is 13.5. The van der Waals surface area contributed by atoms with Gasteiger partial charge in [0, 0.05) is 25.7 Å². The highest BCUT2D eigenvalue weighted by Crippen LogP contribution is 2.20. The van der Waals surface area contributed by atoms with Crippen LogP contribution in [0.15, 0.2) is 24.3 Å². The summed E-state index contributed by atoms with van der Waals surface area (Å²) in [5.41, 5.74) is 7.40. The van der Waals surface area contributed by atoms with Crippen LogP contribution < -0.4 is 10.5 Å². The van der Waals surface area contributed by atoms with Crippen LogP contribution in [0.25, 0.3) is 0 Å². The molecule has 1 aromatic carbocycles.